The van der Waals surface area contributed by atoms with Crippen molar-refractivity contribution in [2.45, 2.75) is 12.2 Å². The van der Waals surface area contributed by atoms with Crippen LogP contribution >= 0.6 is 0 Å². The molecule has 3 N–H and O–H groups in total. The van der Waals surface area contributed by atoms with Gasteiger partial charge in [0.1, 0.15) is 5.75 Å². The van der Waals surface area contributed by atoms with Gasteiger partial charge in [-0.2, -0.15) is 13.2 Å². The predicted molar refractivity (Wildman–Crippen MR) is 73.6 cm³/mol. The molecule has 0 aliphatic rings. The van der Waals surface area contributed by atoms with Gasteiger partial charge < -0.3 is 4.74 Å². The van der Waals surface area contributed by atoms with Crippen LogP contribution in [0.4, 0.5) is 13.2 Å². The third kappa shape index (κ3) is 3.53. The van der Waals surface area contributed by atoms with Gasteiger partial charge in [-0.1, -0.05) is 24.3 Å². The molecule has 2 rings (SSSR count). The topological polar surface area (TPSA) is 47.3 Å². The van der Waals surface area contributed by atoms with Crippen molar-refractivity contribution in [1.82, 2.24) is 5.43 Å². The second-order valence-corrected chi connectivity index (χ2v) is 4.50. The van der Waals surface area contributed by atoms with Crippen LogP contribution in [0.1, 0.15) is 22.7 Å². The number of hydrogen-bond donors (Lipinski definition) is 2. The molecule has 112 valence electrons. The van der Waals surface area contributed by atoms with Crippen molar-refractivity contribution in [3.63, 3.8) is 0 Å². The van der Waals surface area contributed by atoms with Crippen molar-refractivity contribution in [3.8, 4) is 5.75 Å². The van der Waals surface area contributed by atoms with Crippen LogP contribution in [0.5, 0.6) is 5.75 Å². The first-order chi connectivity index (χ1) is 9.95. The first-order valence-electron chi connectivity index (χ1n) is 6.23. The van der Waals surface area contributed by atoms with E-state index in [9.17, 15) is 13.2 Å². The maximum Gasteiger partial charge on any atom is 0.416 e. The summed E-state index contributed by atoms with van der Waals surface area (Å²) < 4.78 is 43.4. The number of hydrazine groups is 1. The zero-order valence-electron chi connectivity index (χ0n) is 11.3. The maximum atomic E-state index is 12.8. The Morgan fingerprint density at radius 2 is 1.71 bits per heavy atom. The summed E-state index contributed by atoms with van der Waals surface area (Å²) in [5, 5.41) is 0. The second-order valence-electron chi connectivity index (χ2n) is 4.50. The first kappa shape index (κ1) is 15.3. The standard InChI is InChI=1S/C15H15F3N2O/c1-21-13-7-5-10(6-8-13)14(20-19)11-3-2-4-12(9-11)15(16,17)18/h2-9,14,20H,19H2,1H3. The third-order valence-corrected chi connectivity index (χ3v) is 3.16. The Morgan fingerprint density at radius 3 is 2.24 bits per heavy atom. The maximum absolute atomic E-state index is 12.8. The molecule has 0 saturated heterocycles. The van der Waals surface area contributed by atoms with Gasteiger partial charge in [-0.15, -0.1) is 0 Å². The van der Waals surface area contributed by atoms with E-state index in [4.69, 9.17) is 10.6 Å². The monoisotopic (exact) mass is 296 g/mol. The molecule has 6 heteroatoms. The third-order valence-electron chi connectivity index (χ3n) is 3.16. The van der Waals surface area contributed by atoms with Crippen LogP contribution in [-0.2, 0) is 6.18 Å². The van der Waals surface area contributed by atoms with E-state index in [0.29, 0.717) is 11.3 Å². The Morgan fingerprint density at radius 1 is 1.05 bits per heavy atom. The van der Waals surface area contributed by atoms with Crippen LogP contribution in [-0.4, -0.2) is 7.11 Å². The minimum Gasteiger partial charge on any atom is -0.497 e. The summed E-state index contributed by atoms with van der Waals surface area (Å²) in [5.74, 6) is 6.17. The molecule has 0 spiro atoms. The molecule has 21 heavy (non-hydrogen) atoms. The van der Waals surface area contributed by atoms with Gasteiger partial charge in [-0.3, -0.25) is 5.84 Å². The average molecular weight is 296 g/mol. The van der Waals surface area contributed by atoms with Crippen LogP contribution in [0.15, 0.2) is 48.5 Å². The lowest BCUT2D eigenvalue weighted by Crippen LogP contribution is -2.29. The number of methoxy groups -OCH3 is 1. The quantitative estimate of drug-likeness (QED) is 0.672. The van der Waals surface area contributed by atoms with Gasteiger partial charge in [0.2, 0.25) is 0 Å². The molecule has 3 nitrogen and oxygen atoms in total. The number of ether oxygens (including phenoxy) is 1. The Kier molecular flexibility index (Phi) is 4.50. The highest BCUT2D eigenvalue weighted by Gasteiger charge is 2.31. The Bertz CT molecular complexity index is 597. The van der Waals surface area contributed by atoms with Crippen LogP contribution < -0.4 is 16.0 Å². The van der Waals surface area contributed by atoms with Gasteiger partial charge in [-0.05, 0) is 35.4 Å². The van der Waals surface area contributed by atoms with E-state index in [1.807, 2.05) is 0 Å². The molecule has 0 heterocycles. The lowest BCUT2D eigenvalue weighted by atomic mass is 9.97. The molecule has 0 bridgehead atoms. The molecule has 2 aromatic rings. The summed E-state index contributed by atoms with van der Waals surface area (Å²) in [7, 11) is 1.54. The molecule has 0 aliphatic carbocycles. The molecule has 0 fully saturated rings. The second kappa shape index (κ2) is 6.15. The zero-order valence-corrected chi connectivity index (χ0v) is 11.3. The van der Waals surface area contributed by atoms with Crippen molar-refractivity contribution in [3.05, 3.63) is 65.2 Å². The first-order valence-corrected chi connectivity index (χ1v) is 6.23. The van der Waals surface area contributed by atoms with Crippen LogP contribution in [0, 0.1) is 0 Å². The molecule has 0 amide bonds. The number of benzene rings is 2. The SMILES string of the molecule is COc1ccc(C(NN)c2cccc(C(F)(F)F)c2)cc1. The van der Waals surface area contributed by atoms with Crippen molar-refractivity contribution in [1.29, 1.82) is 0 Å². The predicted octanol–water partition coefficient (Wildman–Crippen LogP) is 3.27. The Labute approximate surface area is 120 Å². The van der Waals surface area contributed by atoms with E-state index in [1.165, 1.54) is 6.07 Å². The highest BCUT2D eigenvalue weighted by atomic mass is 19.4. The highest BCUT2D eigenvalue weighted by molar-refractivity contribution is 5.37. The summed E-state index contributed by atoms with van der Waals surface area (Å²) in [4.78, 5) is 0. The van der Waals surface area contributed by atoms with Gasteiger partial charge in [0, 0.05) is 0 Å². The van der Waals surface area contributed by atoms with Gasteiger partial charge in [-0.25, -0.2) is 5.43 Å². The number of alkyl halides is 3. The average Bonchev–Trinajstić information content (AvgIpc) is 2.48. The number of nitrogens with one attached hydrogen (secondary N) is 1. The number of nitrogens with two attached hydrogens (primary N) is 1. The van der Waals surface area contributed by atoms with Gasteiger partial charge in [0.25, 0.3) is 0 Å². The largest absolute Gasteiger partial charge is 0.497 e. The molecule has 1 atom stereocenters. The zero-order chi connectivity index (χ0) is 15.5. The smallest absolute Gasteiger partial charge is 0.416 e. The highest BCUT2D eigenvalue weighted by Crippen LogP contribution is 2.32. The van der Waals surface area contributed by atoms with E-state index in [2.05, 4.69) is 5.43 Å². The van der Waals surface area contributed by atoms with E-state index in [1.54, 1.807) is 37.4 Å². The molecular weight excluding hydrogens is 281 g/mol. The summed E-state index contributed by atoms with van der Waals surface area (Å²) >= 11 is 0. The fraction of sp³-hybridized carbons (Fsp3) is 0.200. The minimum absolute atomic E-state index is 0.442. The Balaban J connectivity index is 2.36. The van der Waals surface area contributed by atoms with Crippen molar-refractivity contribution >= 4 is 0 Å². The molecule has 0 saturated carbocycles. The lowest BCUT2D eigenvalue weighted by molar-refractivity contribution is -0.137. The van der Waals surface area contributed by atoms with Crippen molar-refractivity contribution in [2.24, 2.45) is 5.84 Å². The van der Waals surface area contributed by atoms with E-state index < -0.39 is 17.8 Å². The fourth-order valence-corrected chi connectivity index (χ4v) is 2.08. The lowest BCUT2D eigenvalue weighted by Gasteiger charge is -2.18. The van der Waals surface area contributed by atoms with Gasteiger partial charge in [0.15, 0.2) is 0 Å². The van der Waals surface area contributed by atoms with Crippen molar-refractivity contribution in [2.75, 3.05) is 7.11 Å². The fourth-order valence-electron chi connectivity index (χ4n) is 2.08. The van der Waals surface area contributed by atoms with Gasteiger partial charge in [0.05, 0.1) is 18.7 Å². The number of hydrogen-bond acceptors (Lipinski definition) is 3. The molecule has 0 aliphatic heterocycles. The van der Waals surface area contributed by atoms with Crippen LogP contribution in [0.3, 0.4) is 0 Å². The Hall–Kier alpha value is -2.05. The molecule has 1 unspecified atom stereocenters. The van der Waals surface area contributed by atoms with Gasteiger partial charge >= 0.3 is 6.18 Å². The summed E-state index contributed by atoms with van der Waals surface area (Å²) in [6, 6.07) is 11.5. The molecule has 2 aromatic carbocycles. The normalized spacial score (nSPS) is 13.0. The molecule has 0 radical (unpaired) electrons. The summed E-state index contributed by atoms with van der Waals surface area (Å²) in [6.45, 7) is 0. The summed E-state index contributed by atoms with van der Waals surface area (Å²) in [6.07, 6.45) is -4.38. The van der Waals surface area contributed by atoms with Crippen LogP contribution in [0.25, 0.3) is 0 Å². The van der Waals surface area contributed by atoms with E-state index in [0.717, 1.165) is 17.7 Å². The van der Waals surface area contributed by atoms with Crippen molar-refractivity contribution < 1.29 is 17.9 Å². The number of halogens is 3. The molecule has 0 aromatic heterocycles. The van der Waals surface area contributed by atoms with E-state index >= 15 is 0 Å². The minimum atomic E-state index is -4.38. The molecular formula is C15H15F3N2O. The summed E-state index contributed by atoms with van der Waals surface area (Å²) in [5.41, 5.74) is 3.03. The van der Waals surface area contributed by atoms with E-state index in [-0.39, 0.29) is 0 Å². The van der Waals surface area contributed by atoms with Crippen LogP contribution in [0.2, 0.25) is 0 Å². The number of rotatable bonds is 4.